The maximum absolute atomic E-state index is 13.3. The van der Waals surface area contributed by atoms with Crippen molar-refractivity contribution >= 4 is 45.3 Å². The largest absolute Gasteiger partial charge is 0.462 e. The number of hydrogen-bond acceptors (Lipinski definition) is 8. The summed E-state index contributed by atoms with van der Waals surface area (Å²) in [4.78, 5) is 45.0. The number of nitrogens with zero attached hydrogens (tertiary/aromatic N) is 1. The standard InChI is InChI=1S/C30H30N2O6S/c1-4-22(26(33)32-28-25(30(35)36-5-2)20-15-14-17(3)16-24(20)39-28)38-29(34)19-11-7-6-10-18(19)27-31-21-12-8-9-13-23(21)37-27/h6-13,17,22H,4-5,14-16H2,1-3H3,(H,32,33). The first kappa shape index (κ1) is 26.6. The second-order valence-corrected chi connectivity index (χ2v) is 10.7. The van der Waals surface area contributed by atoms with Crippen molar-refractivity contribution in [3.8, 4) is 11.5 Å². The second-order valence-electron chi connectivity index (χ2n) is 9.60. The maximum Gasteiger partial charge on any atom is 0.341 e. The zero-order valence-corrected chi connectivity index (χ0v) is 22.9. The van der Waals surface area contributed by atoms with Crippen LogP contribution in [0.25, 0.3) is 22.6 Å². The number of anilines is 1. The molecular weight excluding hydrogens is 516 g/mol. The molecule has 0 spiro atoms. The number of thiophene rings is 1. The molecule has 2 unspecified atom stereocenters. The van der Waals surface area contributed by atoms with Gasteiger partial charge in [0.2, 0.25) is 5.89 Å². The number of carbonyl (C=O) groups excluding carboxylic acids is 3. The molecule has 2 aromatic carbocycles. The minimum Gasteiger partial charge on any atom is -0.462 e. The van der Waals surface area contributed by atoms with Gasteiger partial charge in [0.1, 0.15) is 10.5 Å². The van der Waals surface area contributed by atoms with Crippen LogP contribution in [0.15, 0.2) is 52.9 Å². The average Bonchev–Trinajstić information content (AvgIpc) is 3.52. The quantitative estimate of drug-likeness (QED) is 0.254. The summed E-state index contributed by atoms with van der Waals surface area (Å²) < 4.78 is 16.9. The summed E-state index contributed by atoms with van der Waals surface area (Å²) in [7, 11) is 0. The number of fused-ring (bicyclic) bond motifs is 2. The maximum atomic E-state index is 13.3. The molecular formula is C30H30N2O6S. The van der Waals surface area contributed by atoms with E-state index in [-0.39, 0.29) is 18.6 Å². The SMILES string of the molecule is CCOC(=O)c1c(NC(=O)C(CC)OC(=O)c2ccccc2-c2nc3ccccc3o2)sc2c1CCC(C)C2. The lowest BCUT2D eigenvalue weighted by Crippen LogP contribution is -2.32. The van der Waals surface area contributed by atoms with Crippen molar-refractivity contribution < 1.29 is 28.3 Å². The number of ether oxygens (including phenoxy) is 2. The first-order valence-corrected chi connectivity index (χ1v) is 14.0. The number of para-hydroxylation sites is 2. The van der Waals surface area contributed by atoms with Crippen LogP contribution in [0.1, 0.15) is 64.8 Å². The smallest absolute Gasteiger partial charge is 0.341 e. The number of aromatic nitrogens is 1. The van der Waals surface area contributed by atoms with Crippen LogP contribution in [0.5, 0.6) is 0 Å². The summed E-state index contributed by atoms with van der Waals surface area (Å²) in [5.74, 6) is -0.821. The third kappa shape index (κ3) is 5.45. The Labute approximate surface area is 230 Å². The van der Waals surface area contributed by atoms with Crippen LogP contribution >= 0.6 is 11.3 Å². The number of esters is 2. The van der Waals surface area contributed by atoms with Crippen molar-refractivity contribution in [2.75, 3.05) is 11.9 Å². The fraction of sp³-hybridized carbons (Fsp3) is 0.333. The predicted molar refractivity (Wildman–Crippen MR) is 149 cm³/mol. The number of rotatable bonds is 8. The molecule has 2 aromatic heterocycles. The third-order valence-corrected chi connectivity index (χ3v) is 7.98. The number of carbonyl (C=O) groups is 3. The van der Waals surface area contributed by atoms with E-state index in [1.165, 1.54) is 11.3 Å². The molecule has 4 aromatic rings. The first-order valence-electron chi connectivity index (χ1n) is 13.2. The molecule has 2 atom stereocenters. The van der Waals surface area contributed by atoms with E-state index in [0.29, 0.717) is 39.0 Å². The van der Waals surface area contributed by atoms with Crippen molar-refractivity contribution in [3.63, 3.8) is 0 Å². The Kier molecular flexibility index (Phi) is 7.79. The molecule has 0 fully saturated rings. The fourth-order valence-corrected chi connectivity index (χ4v) is 6.20. The van der Waals surface area contributed by atoms with Crippen molar-refractivity contribution in [2.24, 2.45) is 5.92 Å². The van der Waals surface area contributed by atoms with Crippen molar-refractivity contribution in [1.29, 1.82) is 0 Å². The van der Waals surface area contributed by atoms with Crippen LogP contribution in [-0.2, 0) is 27.1 Å². The lowest BCUT2D eigenvalue weighted by Gasteiger charge is -2.18. The Morgan fingerprint density at radius 2 is 1.87 bits per heavy atom. The molecule has 0 saturated heterocycles. The molecule has 202 valence electrons. The lowest BCUT2D eigenvalue weighted by atomic mass is 9.88. The van der Waals surface area contributed by atoms with E-state index >= 15 is 0 Å². The summed E-state index contributed by atoms with van der Waals surface area (Å²) in [6.45, 7) is 5.93. The highest BCUT2D eigenvalue weighted by Gasteiger charge is 2.31. The summed E-state index contributed by atoms with van der Waals surface area (Å²) in [5.41, 5.74) is 3.35. The van der Waals surface area contributed by atoms with Gasteiger partial charge in [0.25, 0.3) is 5.91 Å². The van der Waals surface area contributed by atoms with E-state index in [1.54, 1.807) is 44.2 Å². The van der Waals surface area contributed by atoms with E-state index in [0.717, 1.165) is 29.7 Å². The summed E-state index contributed by atoms with van der Waals surface area (Å²) in [6.07, 6.45) is 1.76. The molecule has 9 heteroatoms. The van der Waals surface area contributed by atoms with Crippen LogP contribution in [0.2, 0.25) is 0 Å². The zero-order valence-electron chi connectivity index (χ0n) is 22.1. The number of amides is 1. The number of benzene rings is 2. The van der Waals surface area contributed by atoms with Gasteiger partial charge in [-0.15, -0.1) is 11.3 Å². The van der Waals surface area contributed by atoms with Crippen molar-refractivity contribution in [3.05, 3.63) is 70.1 Å². The van der Waals surface area contributed by atoms with E-state index in [4.69, 9.17) is 13.9 Å². The van der Waals surface area contributed by atoms with Gasteiger partial charge in [-0.1, -0.05) is 38.1 Å². The molecule has 1 amide bonds. The van der Waals surface area contributed by atoms with Crippen LogP contribution < -0.4 is 5.32 Å². The molecule has 0 bridgehead atoms. The Hall–Kier alpha value is -3.98. The Morgan fingerprint density at radius 3 is 2.64 bits per heavy atom. The van der Waals surface area contributed by atoms with Gasteiger partial charge in [-0.2, -0.15) is 0 Å². The molecule has 8 nitrogen and oxygen atoms in total. The molecule has 1 aliphatic carbocycles. The van der Waals surface area contributed by atoms with Crippen LogP contribution in [-0.4, -0.2) is 35.5 Å². The van der Waals surface area contributed by atoms with E-state index in [1.807, 2.05) is 18.2 Å². The molecule has 1 aliphatic rings. The average molecular weight is 547 g/mol. The highest BCUT2D eigenvalue weighted by atomic mass is 32.1. The highest BCUT2D eigenvalue weighted by Crippen LogP contribution is 2.40. The lowest BCUT2D eigenvalue weighted by molar-refractivity contribution is -0.124. The van der Waals surface area contributed by atoms with Gasteiger partial charge in [-0.25, -0.2) is 14.6 Å². The van der Waals surface area contributed by atoms with Crippen LogP contribution in [0.3, 0.4) is 0 Å². The topological polar surface area (TPSA) is 108 Å². The molecule has 2 heterocycles. The van der Waals surface area contributed by atoms with Gasteiger partial charge < -0.3 is 19.2 Å². The molecule has 1 N–H and O–H groups in total. The Morgan fingerprint density at radius 1 is 1.10 bits per heavy atom. The Balaban J connectivity index is 1.38. The van der Waals surface area contributed by atoms with Crippen LogP contribution in [0.4, 0.5) is 5.00 Å². The number of hydrogen-bond donors (Lipinski definition) is 1. The molecule has 0 saturated carbocycles. The minimum atomic E-state index is -1.07. The molecule has 5 rings (SSSR count). The highest BCUT2D eigenvalue weighted by molar-refractivity contribution is 7.17. The zero-order chi connectivity index (χ0) is 27.5. The predicted octanol–water partition coefficient (Wildman–Crippen LogP) is 6.43. The molecule has 0 radical (unpaired) electrons. The van der Waals surface area contributed by atoms with Gasteiger partial charge in [-0.05, 0) is 68.4 Å². The van der Waals surface area contributed by atoms with Crippen molar-refractivity contribution in [1.82, 2.24) is 4.98 Å². The second kappa shape index (κ2) is 11.4. The number of oxazole rings is 1. The van der Waals surface area contributed by atoms with E-state index in [9.17, 15) is 14.4 Å². The monoisotopic (exact) mass is 546 g/mol. The first-order chi connectivity index (χ1) is 18.9. The van der Waals surface area contributed by atoms with Crippen molar-refractivity contribution in [2.45, 2.75) is 52.6 Å². The number of nitrogens with one attached hydrogen (secondary N) is 1. The van der Waals surface area contributed by atoms with Gasteiger partial charge in [0.15, 0.2) is 11.7 Å². The summed E-state index contributed by atoms with van der Waals surface area (Å²) in [6, 6.07) is 14.2. The van der Waals surface area contributed by atoms with Gasteiger partial charge >= 0.3 is 11.9 Å². The Bertz CT molecular complexity index is 1500. The summed E-state index contributed by atoms with van der Waals surface area (Å²) >= 11 is 1.40. The van der Waals surface area contributed by atoms with E-state index < -0.39 is 23.9 Å². The normalized spacial score (nSPS) is 15.4. The molecule has 0 aliphatic heterocycles. The third-order valence-electron chi connectivity index (χ3n) is 6.81. The van der Waals surface area contributed by atoms with Crippen LogP contribution in [0, 0.1) is 5.92 Å². The van der Waals surface area contributed by atoms with E-state index in [2.05, 4.69) is 17.2 Å². The van der Waals surface area contributed by atoms with Gasteiger partial charge in [-0.3, -0.25) is 4.79 Å². The summed E-state index contributed by atoms with van der Waals surface area (Å²) in [5, 5.41) is 3.31. The minimum absolute atomic E-state index is 0.238. The fourth-order valence-electron chi connectivity index (χ4n) is 4.80. The van der Waals surface area contributed by atoms with Gasteiger partial charge in [0.05, 0.1) is 23.3 Å². The van der Waals surface area contributed by atoms with Gasteiger partial charge in [0, 0.05) is 4.88 Å². The molecule has 39 heavy (non-hydrogen) atoms.